The van der Waals surface area contributed by atoms with Crippen LogP contribution in [0.15, 0.2) is 52.2 Å². The van der Waals surface area contributed by atoms with Crippen molar-refractivity contribution >= 4 is 5.97 Å². The van der Waals surface area contributed by atoms with Gasteiger partial charge in [0.15, 0.2) is 12.4 Å². The van der Waals surface area contributed by atoms with Crippen LogP contribution < -0.4 is 20.7 Å². The number of hydrogen-bond acceptors (Lipinski definition) is 7. The van der Waals surface area contributed by atoms with Gasteiger partial charge in [0.25, 0.3) is 11.4 Å². The maximum Gasteiger partial charge on any atom is 0.431 e. The Morgan fingerprint density at radius 2 is 1.88 bits per heavy atom. The molecule has 0 aliphatic rings. The van der Waals surface area contributed by atoms with Gasteiger partial charge in [-0.3, -0.25) is 9.36 Å². The Morgan fingerprint density at radius 1 is 1.15 bits per heavy atom. The number of ether oxygens (including phenoxy) is 3. The molecule has 13 heteroatoms. The third kappa shape index (κ3) is 5.24. The zero-order valence-corrected chi connectivity index (χ0v) is 17.8. The van der Waals surface area contributed by atoms with Crippen LogP contribution in [0.4, 0.5) is 17.6 Å². The molecule has 0 N–H and O–H groups in total. The number of nitrogens with zero attached hydrogens (tertiary/aromatic N) is 3. The molecular formula is C21H17F4N3O6. The highest BCUT2D eigenvalue weighted by Gasteiger charge is 2.35. The summed E-state index contributed by atoms with van der Waals surface area (Å²) >= 11 is 0. The summed E-state index contributed by atoms with van der Waals surface area (Å²) in [6, 6.07) is 6.06. The maximum absolute atomic E-state index is 14.5. The molecule has 34 heavy (non-hydrogen) atoms. The predicted octanol–water partition coefficient (Wildman–Crippen LogP) is 2.82. The minimum absolute atomic E-state index is 0.00275. The molecule has 0 fully saturated rings. The number of hydrogen-bond donors (Lipinski definition) is 0. The van der Waals surface area contributed by atoms with E-state index in [1.807, 2.05) is 0 Å². The van der Waals surface area contributed by atoms with E-state index in [1.165, 1.54) is 18.3 Å². The smallest absolute Gasteiger partial charge is 0.431 e. The molecule has 1 aromatic carbocycles. The second kappa shape index (κ2) is 9.77. The number of halogens is 4. The summed E-state index contributed by atoms with van der Waals surface area (Å²) in [5, 5.41) is 0. The number of aromatic nitrogens is 3. The molecule has 0 atom stereocenters. The van der Waals surface area contributed by atoms with Crippen molar-refractivity contribution in [1.29, 1.82) is 0 Å². The minimum atomic E-state index is -4.96. The maximum atomic E-state index is 14.5. The lowest BCUT2D eigenvalue weighted by Crippen LogP contribution is -2.41. The summed E-state index contributed by atoms with van der Waals surface area (Å²) in [6.45, 7) is 1.30. The normalized spacial score (nSPS) is 11.2. The van der Waals surface area contributed by atoms with Gasteiger partial charge in [-0.15, -0.1) is 0 Å². The Hall–Kier alpha value is -4.16. The number of benzene rings is 1. The molecule has 180 valence electrons. The zero-order chi connectivity index (χ0) is 25.0. The molecular weight excluding hydrogens is 466 g/mol. The third-order valence-corrected chi connectivity index (χ3v) is 4.37. The molecule has 0 radical (unpaired) electrons. The molecule has 0 saturated carbocycles. The highest BCUT2D eigenvalue weighted by Crippen LogP contribution is 2.31. The second-order valence-electron chi connectivity index (χ2n) is 6.66. The molecule has 0 amide bonds. The van der Waals surface area contributed by atoms with Crippen LogP contribution in [0, 0.1) is 5.82 Å². The fourth-order valence-corrected chi connectivity index (χ4v) is 2.87. The Morgan fingerprint density at radius 3 is 2.56 bits per heavy atom. The van der Waals surface area contributed by atoms with E-state index in [0.717, 1.165) is 25.2 Å². The van der Waals surface area contributed by atoms with Crippen molar-refractivity contribution in [3.8, 4) is 23.1 Å². The van der Waals surface area contributed by atoms with Gasteiger partial charge in [0.1, 0.15) is 17.3 Å². The summed E-state index contributed by atoms with van der Waals surface area (Å²) in [4.78, 5) is 40.2. The average molecular weight is 483 g/mol. The predicted molar refractivity (Wildman–Crippen MR) is 109 cm³/mol. The highest BCUT2D eigenvalue weighted by atomic mass is 19.4. The first kappa shape index (κ1) is 24.5. The minimum Gasteiger partial charge on any atom is -0.463 e. The SMILES string of the molecule is CCOC(=O)COc1ncccc1Oc1ccc(F)c(-n2c(=O)cc(C(F)(F)F)n(C)c2=O)c1. The number of rotatable bonds is 7. The van der Waals surface area contributed by atoms with Gasteiger partial charge >= 0.3 is 17.8 Å². The molecule has 0 aliphatic heterocycles. The molecule has 0 saturated heterocycles. The van der Waals surface area contributed by atoms with Crippen LogP contribution in [0.25, 0.3) is 5.69 Å². The van der Waals surface area contributed by atoms with Crippen LogP contribution in [-0.2, 0) is 22.8 Å². The van der Waals surface area contributed by atoms with Crippen LogP contribution in [0.1, 0.15) is 12.6 Å². The van der Waals surface area contributed by atoms with E-state index in [2.05, 4.69) is 4.98 Å². The summed E-state index contributed by atoms with van der Waals surface area (Å²) in [6.07, 6.45) is -3.61. The largest absolute Gasteiger partial charge is 0.463 e. The molecule has 2 aromatic heterocycles. The summed E-state index contributed by atoms with van der Waals surface area (Å²) in [7, 11) is 0.808. The van der Waals surface area contributed by atoms with Gasteiger partial charge in [0.05, 0.1) is 12.3 Å². The molecule has 9 nitrogen and oxygen atoms in total. The molecule has 3 rings (SSSR count). The van der Waals surface area contributed by atoms with E-state index in [-0.39, 0.29) is 39.2 Å². The van der Waals surface area contributed by atoms with E-state index < -0.39 is 47.2 Å². The summed E-state index contributed by atoms with van der Waals surface area (Å²) < 4.78 is 69.8. The Labute approximate surface area is 188 Å². The zero-order valence-electron chi connectivity index (χ0n) is 17.8. The average Bonchev–Trinajstić information content (AvgIpc) is 2.77. The van der Waals surface area contributed by atoms with E-state index in [9.17, 15) is 31.9 Å². The monoisotopic (exact) mass is 483 g/mol. The van der Waals surface area contributed by atoms with Crippen molar-refractivity contribution in [2.75, 3.05) is 13.2 Å². The van der Waals surface area contributed by atoms with Crippen LogP contribution >= 0.6 is 0 Å². The highest BCUT2D eigenvalue weighted by molar-refractivity contribution is 5.71. The number of pyridine rings is 1. The fraction of sp³-hybridized carbons (Fsp3) is 0.238. The van der Waals surface area contributed by atoms with Crippen LogP contribution in [0.5, 0.6) is 17.4 Å². The Kier molecular flexibility index (Phi) is 7.03. The van der Waals surface area contributed by atoms with Crippen molar-refractivity contribution < 1.29 is 36.6 Å². The molecule has 2 heterocycles. The number of carbonyl (C=O) groups excluding carboxylic acids is 1. The molecule has 0 aliphatic carbocycles. The number of carbonyl (C=O) groups is 1. The fourth-order valence-electron chi connectivity index (χ4n) is 2.87. The molecule has 0 spiro atoms. The lowest BCUT2D eigenvalue weighted by atomic mass is 10.2. The number of alkyl halides is 3. The lowest BCUT2D eigenvalue weighted by molar-refractivity contribution is -0.145. The van der Waals surface area contributed by atoms with Gasteiger partial charge in [-0.25, -0.2) is 23.5 Å². The van der Waals surface area contributed by atoms with E-state index >= 15 is 0 Å². The van der Waals surface area contributed by atoms with Crippen molar-refractivity contribution in [3.63, 3.8) is 0 Å². The van der Waals surface area contributed by atoms with Gasteiger partial charge in [-0.2, -0.15) is 13.2 Å². The van der Waals surface area contributed by atoms with Gasteiger partial charge in [0.2, 0.25) is 0 Å². The van der Waals surface area contributed by atoms with Gasteiger partial charge in [-0.1, -0.05) is 0 Å². The molecule has 3 aromatic rings. The topological polar surface area (TPSA) is 102 Å². The Balaban J connectivity index is 1.99. The number of esters is 1. The standard InChI is InChI=1S/C21H17F4N3O6/c1-3-32-18(30)11-33-19-15(5-4-8-26-19)34-12-6-7-13(22)14(9-12)28-17(29)10-16(21(23,24)25)27(2)20(28)31/h4-10H,3,11H2,1-2H3. The summed E-state index contributed by atoms with van der Waals surface area (Å²) in [5.41, 5.74) is -4.90. The van der Waals surface area contributed by atoms with Crippen molar-refractivity contribution in [2.24, 2.45) is 7.05 Å². The first-order valence-corrected chi connectivity index (χ1v) is 9.64. The van der Waals surface area contributed by atoms with E-state index in [4.69, 9.17) is 14.2 Å². The van der Waals surface area contributed by atoms with Crippen molar-refractivity contribution in [1.82, 2.24) is 14.1 Å². The van der Waals surface area contributed by atoms with Crippen molar-refractivity contribution in [3.05, 3.63) is 74.9 Å². The lowest BCUT2D eigenvalue weighted by Gasteiger charge is -2.15. The van der Waals surface area contributed by atoms with Crippen molar-refractivity contribution in [2.45, 2.75) is 13.1 Å². The Bertz CT molecular complexity index is 1330. The molecule has 0 unspecified atom stereocenters. The van der Waals surface area contributed by atoms with Gasteiger partial charge in [-0.05, 0) is 31.2 Å². The second-order valence-corrected chi connectivity index (χ2v) is 6.66. The van der Waals surface area contributed by atoms with E-state index in [0.29, 0.717) is 0 Å². The first-order chi connectivity index (χ1) is 16.0. The first-order valence-electron chi connectivity index (χ1n) is 9.64. The van der Waals surface area contributed by atoms with E-state index in [1.54, 1.807) is 6.92 Å². The van der Waals surface area contributed by atoms with Crippen LogP contribution in [0.2, 0.25) is 0 Å². The van der Waals surface area contributed by atoms with Crippen LogP contribution in [-0.4, -0.2) is 33.3 Å². The quantitative estimate of drug-likeness (QED) is 0.376. The van der Waals surface area contributed by atoms with Crippen LogP contribution in [0.3, 0.4) is 0 Å². The van der Waals surface area contributed by atoms with Gasteiger partial charge < -0.3 is 14.2 Å². The van der Waals surface area contributed by atoms with Gasteiger partial charge in [0, 0.05) is 25.4 Å². The summed E-state index contributed by atoms with van der Waals surface area (Å²) in [5.74, 6) is -1.92. The third-order valence-electron chi connectivity index (χ3n) is 4.37. The molecule has 0 bridgehead atoms.